The summed E-state index contributed by atoms with van der Waals surface area (Å²) >= 11 is 0. The zero-order valence-electron chi connectivity index (χ0n) is 12.5. The van der Waals surface area contributed by atoms with Crippen LogP contribution in [0.4, 0.5) is 0 Å². The largest absolute Gasteiger partial charge is 0.391 e. The van der Waals surface area contributed by atoms with Crippen LogP contribution in [0.3, 0.4) is 0 Å². The molecule has 1 atom stereocenters. The number of nitrogens with zero attached hydrogens (tertiary/aromatic N) is 3. The Kier molecular flexibility index (Phi) is 4.63. The van der Waals surface area contributed by atoms with Crippen molar-refractivity contribution in [1.29, 1.82) is 0 Å². The average Bonchev–Trinajstić information content (AvgIpc) is 2.66. The van der Waals surface area contributed by atoms with Crippen molar-refractivity contribution in [2.24, 2.45) is 7.05 Å². The van der Waals surface area contributed by atoms with Crippen LogP contribution in [0.2, 0.25) is 0 Å². The van der Waals surface area contributed by atoms with E-state index in [1.165, 1.54) is 25.7 Å². The van der Waals surface area contributed by atoms with Gasteiger partial charge in [-0.2, -0.15) is 0 Å². The molecule has 1 fully saturated rings. The molecule has 1 unspecified atom stereocenters. The van der Waals surface area contributed by atoms with E-state index in [1.807, 2.05) is 17.8 Å². The first-order chi connectivity index (χ1) is 9.06. The number of aliphatic hydroxyl groups is 1. The van der Waals surface area contributed by atoms with Gasteiger partial charge in [-0.1, -0.05) is 25.7 Å². The Labute approximate surface area is 116 Å². The zero-order chi connectivity index (χ0) is 13.9. The Morgan fingerprint density at radius 3 is 2.42 bits per heavy atom. The molecular weight excluding hydrogens is 238 g/mol. The molecule has 2 rings (SSSR count). The number of likely N-dealkylation sites (N-methyl/N-ethyl adjacent to an activating group) is 1. The van der Waals surface area contributed by atoms with Crippen molar-refractivity contribution in [3.05, 3.63) is 18.2 Å². The van der Waals surface area contributed by atoms with Crippen LogP contribution in [-0.4, -0.2) is 45.3 Å². The number of rotatable bonds is 4. The predicted molar refractivity (Wildman–Crippen MR) is 77.0 cm³/mol. The maximum atomic E-state index is 10.8. The molecule has 1 aliphatic rings. The topological polar surface area (TPSA) is 41.3 Å². The van der Waals surface area contributed by atoms with E-state index in [-0.39, 0.29) is 11.6 Å². The first kappa shape index (κ1) is 14.5. The fourth-order valence-corrected chi connectivity index (χ4v) is 3.38. The summed E-state index contributed by atoms with van der Waals surface area (Å²) in [6, 6.07) is 0. The molecule has 1 heterocycles. The van der Waals surface area contributed by atoms with E-state index in [2.05, 4.69) is 24.0 Å². The van der Waals surface area contributed by atoms with E-state index < -0.39 is 0 Å². The van der Waals surface area contributed by atoms with Gasteiger partial charge in [-0.05, 0) is 26.9 Å². The van der Waals surface area contributed by atoms with Gasteiger partial charge in [0.25, 0.3) is 0 Å². The first-order valence-corrected chi connectivity index (χ1v) is 7.38. The standard InChI is InChI=1S/C15H27N3O/c1-17(2)15(8-6-4-5-7-9-15)13(19)12-14-16-10-11-18(14)3/h10-11,13,19H,4-9,12H2,1-3H3. The van der Waals surface area contributed by atoms with Crippen molar-refractivity contribution in [2.75, 3.05) is 14.1 Å². The van der Waals surface area contributed by atoms with E-state index in [1.54, 1.807) is 6.20 Å². The van der Waals surface area contributed by atoms with Crippen LogP contribution in [0.1, 0.15) is 44.3 Å². The second kappa shape index (κ2) is 6.06. The lowest BCUT2D eigenvalue weighted by atomic mass is 9.81. The van der Waals surface area contributed by atoms with Crippen LogP contribution in [0.25, 0.3) is 0 Å². The zero-order valence-corrected chi connectivity index (χ0v) is 12.5. The third-order valence-corrected chi connectivity index (χ3v) is 4.78. The molecular formula is C15H27N3O. The Morgan fingerprint density at radius 2 is 1.95 bits per heavy atom. The Balaban J connectivity index is 2.16. The van der Waals surface area contributed by atoms with Gasteiger partial charge in [0.05, 0.1) is 6.10 Å². The Morgan fingerprint density at radius 1 is 1.32 bits per heavy atom. The summed E-state index contributed by atoms with van der Waals surface area (Å²) in [5, 5.41) is 10.8. The van der Waals surface area contributed by atoms with Gasteiger partial charge in [0.2, 0.25) is 0 Å². The molecule has 4 heteroatoms. The van der Waals surface area contributed by atoms with Gasteiger partial charge in [-0.15, -0.1) is 0 Å². The molecule has 1 aliphatic carbocycles. The van der Waals surface area contributed by atoms with Crippen LogP contribution >= 0.6 is 0 Å². The van der Waals surface area contributed by atoms with Gasteiger partial charge in [-0.25, -0.2) is 4.98 Å². The van der Waals surface area contributed by atoms with Crippen LogP contribution in [0, 0.1) is 0 Å². The van der Waals surface area contributed by atoms with E-state index in [0.717, 1.165) is 18.7 Å². The maximum Gasteiger partial charge on any atom is 0.111 e. The SMILES string of the molecule is CN(C)C1(C(O)Cc2nccn2C)CCCCCC1. The normalized spacial score (nSPS) is 21.3. The second-order valence-corrected chi connectivity index (χ2v) is 6.09. The maximum absolute atomic E-state index is 10.8. The van der Waals surface area contributed by atoms with Crippen molar-refractivity contribution in [1.82, 2.24) is 14.5 Å². The van der Waals surface area contributed by atoms with Gasteiger partial charge >= 0.3 is 0 Å². The summed E-state index contributed by atoms with van der Waals surface area (Å²) < 4.78 is 2.00. The van der Waals surface area contributed by atoms with Crippen molar-refractivity contribution in [3.8, 4) is 0 Å². The molecule has 0 saturated heterocycles. The molecule has 19 heavy (non-hydrogen) atoms. The molecule has 0 spiro atoms. The van der Waals surface area contributed by atoms with Crippen molar-refractivity contribution in [3.63, 3.8) is 0 Å². The fraction of sp³-hybridized carbons (Fsp3) is 0.800. The van der Waals surface area contributed by atoms with E-state index in [9.17, 15) is 5.11 Å². The molecule has 1 aromatic heterocycles. The first-order valence-electron chi connectivity index (χ1n) is 7.38. The van der Waals surface area contributed by atoms with E-state index in [4.69, 9.17) is 0 Å². The van der Waals surface area contributed by atoms with Crippen LogP contribution in [0.15, 0.2) is 12.4 Å². The molecule has 108 valence electrons. The lowest BCUT2D eigenvalue weighted by Gasteiger charge is -2.43. The molecule has 0 amide bonds. The second-order valence-electron chi connectivity index (χ2n) is 6.09. The summed E-state index contributed by atoms with van der Waals surface area (Å²) in [5.74, 6) is 0.970. The van der Waals surface area contributed by atoms with Gasteiger partial charge in [0.15, 0.2) is 0 Å². The minimum atomic E-state index is -0.346. The highest BCUT2D eigenvalue weighted by molar-refractivity contribution is 5.02. The van der Waals surface area contributed by atoms with Gasteiger partial charge < -0.3 is 14.6 Å². The molecule has 4 nitrogen and oxygen atoms in total. The fourth-order valence-electron chi connectivity index (χ4n) is 3.38. The molecule has 0 aliphatic heterocycles. The summed E-state index contributed by atoms with van der Waals surface area (Å²) in [6.07, 6.45) is 11.2. The molecule has 0 aromatic carbocycles. The smallest absolute Gasteiger partial charge is 0.111 e. The van der Waals surface area contributed by atoms with Gasteiger partial charge in [-0.3, -0.25) is 0 Å². The number of aromatic nitrogens is 2. The Bertz CT molecular complexity index is 392. The predicted octanol–water partition coefficient (Wildman–Crippen LogP) is 1.98. The number of aliphatic hydroxyl groups excluding tert-OH is 1. The minimum Gasteiger partial charge on any atom is -0.391 e. The molecule has 0 bridgehead atoms. The minimum absolute atomic E-state index is 0.0809. The van der Waals surface area contributed by atoms with Gasteiger partial charge in [0, 0.05) is 31.4 Å². The van der Waals surface area contributed by atoms with Crippen molar-refractivity contribution >= 4 is 0 Å². The third kappa shape index (κ3) is 3.00. The summed E-state index contributed by atoms with van der Waals surface area (Å²) in [4.78, 5) is 6.59. The van der Waals surface area contributed by atoms with Crippen LogP contribution in [-0.2, 0) is 13.5 Å². The van der Waals surface area contributed by atoms with Gasteiger partial charge in [0.1, 0.15) is 5.82 Å². The summed E-state index contributed by atoms with van der Waals surface area (Å²) in [5.41, 5.74) is -0.0809. The lowest BCUT2D eigenvalue weighted by molar-refractivity contribution is -0.0187. The molecule has 1 saturated carbocycles. The highest BCUT2D eigenvalue weighted by Crippen LogP contribution is 2.35. The van der Waals surface area contributed by atoms with E-state index in [0.29, 0.717) is 6.42 Å². The number of hydrogen-bond acceptors (Lipinski definition) is 3. The number of hydrogen-bond donors (Lipinski definition) is 1. The summed E-state index contributed by atoms with van der Waals surface area (Å²) in [6.45, 7) is 0. The number of imidazole rings is 1. The monoisotopic (exact) mass is 265 g/mol. The van der Waals surface area contributed by atoms with Crippen molar-refractivity contribution in [2.45, 2.75) is 56.6 Å². The van der Waals surface area contributed by atoms with Crippen LogP contribution < -0.4 is 0 Å². The molecule has 1 N–H and O–H groups in total. The third-order valence-electron chi connectivity index (χ3n) is 4.78. The molecule has 0 radical (unpaired) electrons. The number of aryl methyl sites for hydroxylation is 1. The molecule has 1 aromatic rings. The Hall–Kier alpha value is -0.870. The van der Waals surface area contributed by atoms with Crippen LogP contribution in [0.5, 0.6) is 0 Å². The highest BCUT2D eigenvalue weighted by Gasteiger charge is 2.40. The lowest BCUT2D eigenvalue weighted by Crippen LogP contribution is -2.54. The summed E-state index contributed by atoms with van der Waals surface area (Å²) in [7, 11) is 6.20. The highest BCUT2D eigenvalue weighted by atomic mass is 16.3. The quantitative estimate of drug-likeness (QED) is 0.846. The van der Waals surface area contributed by atoms with E-state index >= 15 is 0 Å². The van der Waals surface area contributed by atoms with Crippen molar-refractivity contribution < 1.29 is 5.11 Å². The average molecular weight is 265 g/mol.